The molecule has 2 aliphatic rings. The van der Waals surface area contributed by atoms with Crippen LogP contribution in [0, 0.1) is 5.41 Å². The highest BCUT2D eigenvalue weighted by molar-refractivity contribution is 5.84. The van der Waals surface area contributed by atoms with Crippen molar-refractivity contribution in [3.05, 3.63) is 0 Å². The average Bonchev–Trinajstić information content (AvgIpc) is 2.42. The van der Waals surface area contributed by atoms with Crippen molar-refractivity contribution < 1.29 is 4.79 Å². The Morgan fingerprint density at radius 1 is 1.33 bits per heavy atom. The van der Waals surface area contributed by atoms with Crippen molar-refractivity contribution in [3.8, 4) is 0 Å². The zero-order valence-corrected chi connectivity index (χ0v) is 9.88. The zero-order valence-electron chi connectivity index (χ0n) is 9.88. The van der Waals surface area contributed by atoms with Crippen molar-refractivity contribution in [2.75, 3.05) is 19.6 Å². The number of likely N-dealkylation sites (tertiary alicyclic amines) is 1. The van der Waals surface area contributed by atoms with Crippen LogP contribution >= 0.6 is 0 Å². The molecule has 3 heteroatoms. The maximum Gasteiger partial charge on any atom is 0.225 e. The van der Waals surface area contributed by atoms with E-state index in [2.05, 4.69) is 10.2 Å². The summed E-state index contributed by atoms with van der Waals surface area (Å²) in [7, 11) is 0. The molecule has 2 rings (SSSR count). The topological polar surface area (TPSA) is 32.3 Å². The van der Waals surface area contributed by atoms with E-state index in [-0.39, 0.29) is 11.3 Å². The van der Waals surface area contributed by atoms with Crippen molar-refractivity contribution in [1.29, 1.82) is 0 Å². The van der Waals surface area contributed by atoms with Gasteiger partial charge in [-0.1, -0.05) is 20.3 Å². The molecular formula is C12H22N2O. The minimum absolute atomic E-state index is 0.152. The minimum Gasteiger partial charge on any atom is -0.352 e. The minimum atomic E-state index is -0.152. The first-order valence-corrected chi connectivity index (χ1v) is 6.11. The van der Waals surface area contributed by atoms with Crippen molar-refractivity contribution in [2.45, 2.75) is 45.6 Å². The lowest BCUT2D eigenvalue weighted by atomic mass is 9.89. The van der Waals surface area contributed by atoms with Crippen molar-refractivity contribution in [1.82, 2.24) is 10.2 Å². The van der Waals surface area contributed by atoms with Crippen LogP contribution in [0.5, 0.6) is 0 Å². The first kappa shape index (κ1) is 10.9. The van der Waals surface area contributed by atoms with Crippen LogP contribution in [0.15, 0.2) is 0 Å². The number of carbonyl (C=O) groups is 1. The van der Waals surface area contributed by atoms with E-state index in [4.69, 9.17) is 0 Å². The molecule has 2 aliphatic heterocycles. The van der Waals surface area contributed by atoms with E-state index in [0.29, 0.717) is 6.04 Å². The predicted molar refractivity (Wildman–Crippen MR) is 60.6 cm³/mol. The summed E-state index contributed by atoms with van der Waals surface area (Å²) in [5.74, 6) is 0.226. The Kier molecular flexibility index (Phi) is 3.01. The molecule has 1 atom stereocenters. The second-order valence-electron chi connectivity index (χ2n) is 5.62. The number of hydrogen-bond acceptors (Lipinski definition) is 2. The van der Waals surface area contributed by atoms with E-state index in [9.17, 15) is 4.79 Å². The van der Waals surface area contributed by atoms with Gasteiger partial charge in [-0.3, -0.25) is 4.79 Å². The van der Waals surface area contributed by atoms with Crippen LogP contribution in [0.3, 0.4) is 0 Å². The summed E-state index contributed by atoms with van der Waals surface area (Å²) < 4.78 is 0. The fraction of sp³-hybridized carbons (Fsp3) is 0.917. The Morgan fingerprint density at radius 3 is 2.53 bits per heavy atom. The molecular weight excluding hydrogens is 188 g/mol. The number of nitrogens with zero attached hydrogens (tertiary/aromatic N) is 1. The summed E-state index contributed by atoms with van der Waals surface area (Å²) in [4.78, 5) is 14.1. The predicted octanol–water partition coefficient (Wildman–Crippen LogP) is 1.39. The Balaban J connectivity index is 1.83. The molecule has 0 bridgehead atoms. The first-order chi connectivity index (χ1) is 7.08. The monoisotopic (exact) mass is 210 g/mol. The van der Waals surface area contributed by atoms with Crippen LogP contribution < -0.4 is 5.32 Å². The van der Waals surface area contributed by atoms with Crippen molar-refractivity contribution >= 4 is 5.91 Å². The van der Waals surface area contributed by atoms with Gasteiger partial charge >= 0.3 is 0 Å². The number of nitrogens with one attached hydrogen (secondary N) is 1. The largest absolute Gasteiger partial charge is 0.352 e. The molecule has 2 fully saturated rings. The van der Waals surface area contributed by atoms with Gasteiger partial charge in [-0.15, -0.1) is 0 Å². The summed E-state index contributed by atoms with van der Waals surface area (Å²) in [5, 5.41) is 3.11. The van der Waals surface area contributed by atoms with Gasteiger partial charge in [-0.25, -0.2) is 0 Å². The number of rotatable bonds is 2. The molecule has 15 heavy (non-hydrogen) atoms. The van der Waals surface area contributed by atoms with Gasteiger partial charge in [0.15, 0.2) is 0 Å². The quantitative estimate of drug-likeness (QED) is 0.747. The summed E-state index contributed by atoms with van der Waals surface area (Å²) >= 11 is 0. The second-order valence-corrected chi connectivity index (χ2v) is 5.62. The third-order valence-corrected chi connectivity index (χ3v) is 3.63. The molecule has 0 radical (unpaired) electrons. The molecule has 3 nitrogen and oxygen atoms in total. The van der Waals surface area contributed by atoms with Crippen molar-refractivity contribution in [3.63, 3.8) is 0 Å². The maximum absolute atomic E-state index is 11.6. The Morgan fingerprint density at radius 2 is 2.00 bits per heavy atom. The fourth-order valence-corrected chi connectivity index (χ4v) is 2.70. The molecule has 0 aromatic rings. The van der Waals surface area contributed by atoms with Gasteiger partial charge < -0.3 is 10.2 Å². The van der Waals surface area contributed by atoms with E-state index in [0.717, 1.165) is 13.0 Å². The van der Waals surface area contributed by atoms with Crippen molar-refractivity contribution in [2.24, 2.45) is 5.41 Å². The third kappa shape index (κ3) is 2.51. The molecule has 86 valence electrons. The van der Waals surface area contributed by atoms with Gasteiger partial charge in [0.2, 0.25) is 5.91 Å². The molecule has 1 N–H and O–H groups in total. The average molecular weight is 210 g/mol. The Hall–Kier alpha value is -0.570. The van der Waals surface area contributed by atoms with Gasteiger partial charge in [0.1, 0.15) is 0 Å². The summed E-state index contributed by atoms with van der Waals surface area (Å²) in [5.41, 5.74) is -0.152. The molecule has 0 saturated carbocycles. The van der Waals surface area contributed by atoms with Crippen LogP contribution in [-0.2, 0) is 4.79 Å². The van der Waals surface area contributed by atoms with Crippen LogP contribution in [0.1, 0.15) is 39.5 Å². The van der Waals surface area contributed by atoms with Crippen LogP contribution in [0.25, 0.3) is 0 Å². The number of amides is 1. The Bertz CT molecular complexity index is 244. The molecule has 2 saturated heterocycles. The smallest absolute Gasteiger partial charge is 0.225 e. The SMILES string of the molecule is CC1(C)C[C@@H](CN2CCCCC2)NC1=O. The molecule has 1 amide bonds. The van der Waals surface area contributed by atoms with E-state index in [1.807, 2.05) is 13.8 Å². The maximum atomic E-state index is 11.6. The summed E-state index contributed by atoms with van der Waals surface area (Å²) in [6.45, 7) is 7.56. The molecule has 0 aliphatic carbocycles. The fourth-order valence-electron chi connectivity index (χ4n) is 2.70. The summed E-state index contributed by atoms with van der Waals surface area (Å²) in [6, 6.07) is 0.380. The van der Waals surface area contributed by atoms with Gasteiger partial charge in [-0.2, -0.15) is 0 Å². The molecule has 0 spiro atoms. The first-order valence-electron chi connectivity index (χ1n) is 6.11. The van der Waals surface area contributed by atoms with Gasteiger partial charge in [-0.05, 0) is 32.4 Å². The van der Waals surface area contributed by atoms with E-state index >= 15 is 0 Å². The lowest BCUT2D eigenvalue weighted by molar-refractivity contribution is -0.126. The molecule has 0 unspecified atom stereocenters. The summed E-state index contributed by atoms with van der Waals surface area (Å²) in [6.07, 6.45) is 5.01. The lowest BCUT2D eigenvalue weighted by Crippen LogP contribution is -2.41. The zero-order chi connectivity index (χ0) is 10.9. The van der Waals surface area contributed by atoms with Crippen LogP contribution in [0.4, 0.5) is 0 Å². The highest BCUT2D eigenvalue weighted by Gasteiger charge is 2.39. The number of carbonyl (C=O) groups excluding carboxylic acids is 1. The van der Waals surface area contributed by atoms with Gasteiger partial charge in [0.25, 0.3) is 0 Å². The molecule has 2 heterocycles. The second kappa shape index (κ2) is 4.12. The number of hydrogen-bond donors (Lipinski definition) is 1. The van der Waals surface area contributed by atoms with Crippen LogP contribution in [0.2, 0.25) is 0 Å². The van der Waals surface area contributed by atoms with Gasteiger partial charge in [0, 0.05) is 18.0 Å². The van der Waals surface area contributed by atoms with E-state index in [1.165, 1.54) is 32.4 Å². The van der Waals surface area contributed by atoms with E-state index in [1.54, 1.807) is 0 Å². The van der Waals surface area contributed by atoms with E-state index < -0.39 is 0 Å². The molecule has 0 aromatic heterocycles. The van der Waals surface area contributed by atoms with Gasteiger partial charge in [0.05, 0.1) is 0 Å². The lowest BCUT2D eigenvalue weighted by Gasteiger charge is -2.29. The van der Waals surface area contributed by atoms with Crippen LogP contribution in [-0.4, -0.2) is 36.5 Å². The highest BCUT2D eigenvalue weighted by Crippen LogP contribution is 2.29. The number of piperidine rings is 1. The molecule has 0 aromatic carbocycles. The third-order valence-electron chi connectivity index (χ3n) is 3.63. The standard InChI is InChI=1S/C12H22N2O/c1-12(2)8-10(13-11(12)15)9-14-6-4-3-5-7-14/h10H,3-9H2,1-2H3,(H,13,15)/t10-/m0/s1. The normalized spacial score (nSPS) is 31.6. The highest BCUT2D eigenvalue weighted by atomic mass is 16.2. The Labute approximate surface area is 92.2 Å².